The molecule has 0 aliphatic heterocycles. The van der Waals surface area contributed by atoms with Crippen molar-refractivity contribution in [3.8, 4) is 0 Å². The molecule has 0 heterocycles. The molecule has 39 heavy (non-hydrogen) atoms. The molecule has 0 fully saturated rings. The van der Waals surface area contributed by atoms with Crippen LogP contribution in [0.25, 0.3) is 0 Å². The summed E-state index contributed by atoms with van der Waals surface area (Å²) in [6.45, 7) is 6.82. The summed E-state index contributed by atoms with van der Waals surface area (Å²) in [5.41, 5.74) is 1.79. The molecule has 0 aromatic heterocycles. The van der Waals surface area contributed by atoms with E-state index in [0.29, 0.717) is 5.02 Å². The van der Waals surface area contributed by atoms with Gasteiger partial charge in [0.25, 0.3) is 10.0 Å². The second-order valence-electron chi connectivity index (χ2n) is 9.42. The molecule has 0 unspecified atom stereocenters. The van der Waals surface area contributed by atoms with Crippen LogP contribution >= 0.6 is 23.2 Å². The second kappa shape index (κ2) is 13.3. The Labute approximate surface area is 240 Å². The fourth-order valence-corrected chi connectivity index (χ4v) is 5.69. The van der Waals surface area contributed by atoms with Gasteiger partial charge in [-0.2, -0.15) is 0 Å². The Morgan fingerprint density at radius 3 is 2.13 bits per heavy atom. The molecule has 1 N–H and O–H groups in total. The van der Waals surface area contributed by atoms with Crippen molar-refractivity contribution in [2.24, 2.45) is 0 Å². The average molecular weight is 591 g/mol. The quantitative estimate of drug-likeness (QED) is 0.305. The molecule has 0 saturated heterocycles. The Morgan fingerprint density at radius 1 is 0.923 bits per heavy atom. The van der Waals surface area contributed by atoms with Gasteiger partial charge in [0.1, 0.15) is 12.6 Å². The van der Waals surface area contributed by atoms with Crippen LogP contribution < -0.4 is 9.62 Å². The fraction of sp³-hybridized carbons (Fsp3) is 0.310. The smallest absolute Gasteiger partial charge is 0.264 e. The van der Waals surface area contributed by atoms with E-state index in [1.54, 1.807) is 67.6 Å². The number of hydrogen-bond acceptors (Lipinski definition) is 4. The van der Waals surface area contributed by atoms with Gasteiger partial charge >= 0.3 is 0 Å². The molecule has 0 aliphatic rings. The summed E-state index contributed by atoms with van der Waals surface area (Å²) in [6, 6.07) is 18.7. The molecule has 0 bridgehead atoms. The number of rotatable bonds is 11. The summed E-state index contributed by atoms with van der Waals surface area (Å²) >= 11 is 12.5. The van der Waals surface area contributed by atoms with E-state index in [-0.39, 0.29) is 34.1 Å². The third-order valence-electron chi connectivity index (χ3n) is 6.44. The first-order chi connectivity index (χ1) is 18.4. The van der Waals surface area contributed by atoms with Crippen LogP contribution in [0.15, 0.2) is 77.7 Å². The maximum atomic E-state index is 13.9. The summed E-state index contributed by atoms with van der Waals surface area (Å²) < 4.78 is 28.7. The first kappa shape index (κ1) is 30.5. The number of carbonyl (C=O) groups excluding carboxylic acids is 2. The molecule has 7 nitrogen and oxygen atoms in total. The van der Waals surface area contributed by atoms with E-state index >= 15 is 0 Å². The number of benzene rings is 3. The Bertz CT molecular complexity index is 1400. The third-order valence-corrected chi connectivity index (χ3v) is 8.79. The van der Waals surface area contributed by atoms with Gasteiger partial charge in [0, 0.05) is 17.6 Å². The monoisotopic (exact) mass is 589 g/mol. The average Bonchev–Trinajstić information content (AvgIpc) is 2.91. The molecule has 0 spiro atoms. The van der Waals surface area contributed by atoms with Gasteiger partial charge in [0.05, 0.1) is 15.6 Å². The highest BCUT2D eigenvalue weighted by Gasteiger charge is 2.33. The summed E-state index contributed by atoms with van der Waals surface area (Å²) in [5, 5.41) is 3.62. The van der Waals surface area contributed by atoms with Crippen LogP contribution in [0.3, 0.4) is 0 Å². The van der Waals surface area contributed by atoms with Gasteiger partial charge in [0.2, 0.25) is 11.8 Å². The highest BCUT2D eigenvalue weighted by molar-refractivity contribution is 7.92. The minimum atomic E-state index is -4.19. The summed E-state index contributed by atoms with van der Waals surface area (Å²) in [6.07, 6.45) is 0.721. The number of amides is 2. The Hall–Kier alpha value is -3.07. The zero-order chi connectivity index (χ0) is 28.7. The predicted molar refractivity (Wildman–Crippen MR) is 157 cm³/mol. The molecule has 0 aliphatic carbocycles. The Morgan fingerprint density at radius 2 is 1.54 bits per heavy atom. The molecule has 3 aromatic carbocycles. The van der Waals surface area contributed by atoms with Crippen LogP contribution in [0.5, 0.6) is 0 Å². The number of nitrogens with one attached hydrogen (secondary N) is 1. The molecule has 208 valence electrons. The maximum absolute atomic E-state index is 13.9. The molecular weight excluding hydrogens is 557 g/mol. The summed E-state index contributed by atoms with van der Waals surface area (Å²) in [7, 11) is -4.19. The molecule has 3 rings (SSSR count). The standard InChI is InChI=1S/C29H33Cl2N3O4S/c1-5-21(3)32-29(36)22(4)33(18-23-12-14-24(30)15-13-23)28(35)19-34(27-9-7-6-8-26(27)31)39(37,38)25-16-10-20(2)11-17-25/h6-17,21-22H,5,18-19H2,1-4H3,(H,32,36)/t21-,22-/m1/s1. The van der Waals surface area contributed by atoms with Crippen molar-refractivity contribution < 1.29 is 18.0 Å². The molecule has 10 heteroatoms. The van der Waals surface area contributed by atoms with Crippen molar-refractivity contribution in [2.75, 3.05) is 10.8 Å². The number of carbonyl (C=O) groups is 2. The molecular formula is C29H33Cl2N3O4S. The van der Waals surface area contributed by atoms with Crippen LogP contribution in [0.4, 0.5) is 5.69 Å². The lowest BCUT2D eigenvalue weighted by Crippen LogP contribution is -2.52. The van der Waals surface area contributed by atoms with Crippen molar-refractivity contribution in [1.82, 2.24) is 10.2 Å². The molecule has 2 atom stereocenters. The zero-order valence-electron chi connectivity index (χ0n) is 22.4. The molecule has 3 aromatic rings. The van der Waals surface area contributed by atoms with E-state index in [9.17, 15) is 18.0 Å². The number of sulfonamides is 1. The van der Waals surface area contributed by atoms with Crippen molar-refractivity contribution in [3.05, 3.63) is 94.0 Å². The highest BCUT2D eigenvalue weighted by atomic mass is 35.5. The van der Waals surface area contributed by atoms with E-state index in [1.807, 2.05) is 20.8 Å². The van der Waals surface area contributed by atoms with Crippen LogP contribution in [0.2, 0.25) is 10.0 Å². The Balaban J connectivity index is 2.03. The zero-order valence-corrected chi connectivity index (χ0v) is 24.7. The highest BCUT2D eigenvalue weighted by Crippen LogP contribution is 2.31. The van der Waals surface area contributed by atoms with E-state index in [4.69, 9.17) is 23.2 Å². The van der Waals surface area contributed by atoms with E-state index < -0.39 is 28.5 Å². The third kappa shape index (κ3) is 7.75. The largest absolute Gasteiger partial charge is 0.352 e. The fourth-order valence-electron chi connectivity index (χ4n) is 3.84. The number of halogens is 2. The minimum Gasteiger partial charge on any atom is -0.352 e. The lowest BCUT2D eigenvalue weighted by Gasteiger charge is -2.32. The van der Waals surface area contributed by atoms with Gasteiger partial charge in [-0.25, -0.2) is 8.42 Å². The Kier molecular flexibility index (Phi) is 10.4. The second-order valence-corrected chi connectivity index (χ2v) is 12.1. The number of nitrogens with zero attached hydrogens (tertiary/aromatic N) is 2. The van der Waals surface area contributed by atoms with Gasteiger partial charge in [-0.3, -0.25) is 13.9 Å². The van der Waals surface area contributed by atoms with Gasteiger partial charge in [-0.1, -0.05) is 72.1 Å². The van der Waals surface area contributed by atoms with E-state index in [0.717, 1.165) is 21.9 Å². The van der Waals surface area contributed by atoms with E-state index in [2.05, 4.69) is 5.32 Å². The van der Waals surface area contributed by atoms with E-state index in [1.165, 1.54) is 17.0 Å². The van der Waals surface area contributed by atoms with Gasteiger partial charge < -0.3 is 10.2 Å². The molecule has 2 amide bonds. The number of aryl methyl sites for hydroxylation is 1. The lowest BCUT2D eigenvalue weighted by molar-refractivity contribution is -0.139. The van der Waals surface area contributed by atoms with Crippen molar-refractivity contribution >= 4 is 50.7 Å². The van der Waals surface area contributed by atoms with Crippen LogP contribution in [0.1, 0.15) is 38.3 Å². The van der Waals surface area contributed by atoms with Crippen LogP contribution in [-0.2, 0) is 26.2 Å². The SMILES string of the molecule is CC[C@@H](C)NC(=O)[C@@H](C)N(Cc1ccc(Cl)cc1)C(=O)CN(c1ccccc1Cl)S(=O)(=O)c1ccc(C)cc1. The van der Waals surface area contributed by atoms with Crippen molar-refractivity contribution in [1.29, 1.82) is 0 Å². The topological polar surface area (TPSA) is 86.8 Å². The normalized spacial score (nSPS) is 12.9. The van der Waals surface area contributed by atoms with Gasteiger partial charge in [-0.15, -0.1) is 0 Å². The lowest BCUT2D eigenvalue weighted by atomic mass is 10.1. The molecule has 0 radical (unpaired) electrons. The summed E-state index contributed by atoms with van der Waals surface area (Å²) in [4.78, 5) is 28.4. The maximum Gasteiger partial charge on any atom is 0.264 e. The van der Waals surface area contributed by atoms with Gasteiger partial charge in [-0.05, 0) is 69.2 Å². The minimum absolute atomic E-state index is 0.0210. The summed E-state index contributed by atoms with van der Waals surface area (Å²) in [5.74, 6) is -0.898. The van der Waals surface area contributed by atoms with Crippen LogP contribution in [-0.4, -0.2) is 43.8 Å². The van der Waals surface area contributed by atoms with Gasteiger partial charge in [0.15, 0.2) is 0 Å². The number of para-hydroxylation sites is 1. The predicted octanol–water partition coefficient (Wildman–Crippen LogP) is 5.83. The first-order valence-corrected chi connectivity index (χ1v) is 14.8. The number of hydrogen-bond donors (Lipinski definition) is 1. The van der Waals surface area contributed by atoms with Crippen molar-refractivity contribution in [3.63, 3.8) is 0 Å². The van der Waals surface area contributed by atoms with Crippen LogP contribution in [0, 0.1) is 6.92 Å². The molecule has 0 saturated carbocycles. The first-order valence-electron chi connectivity index (χ1n) is 12.6. The van der Waals surface area contributed by atoms with Crippen molar-refractivity contribution in [2.45, 2.75) is 57.6 Å². The number of anilines is 1.